The van der Waals surface area contributed by atoms with Gasteiger partial charge in [-0.3, -0.25) is 5.01 Å². The van der Waals surface area contributed by atoms with Gasteiger partial charge in [0.25, 0.3) is 0 Å². The molecule has 1 aromatic carbocycles. The van der Waals surface area contributed by atoms with Gasteiger partial charge >= 0.3 is 0 Å². The third kappa shape index (κ3) is 3.03. The van der Waals surface area contributed by atoms with Gasteiger partial charge in [-0.05, 0) is 44.7 Å². The number of aryl methyl sites for hydroxylation is 1. The van der Waals surface area contributed by atoms with E-state index in [0.29, 0.717) is 0 Å². The number of nitrogen functional groups attached to an aromatic ring is 1. The Hall–Kier alpha value is -1.51. The van der Waals surface area contributed by atoms with E-state index in [2.05, 4.69) is 24.9 Å². The number of hydrazone groups is 1. The Morgan fingerprint density at radius 1 is 1.28 bits per heavy atom. The number of rotatable bonds is 3. The van der Waals surface area contributed by atoms with Crippen LogP contribution in [0.2, 0.25) is 0 Å². The lowest BCUT2D eigenvalue weighted by molar-refractivity contribution is 0.239. The second-order valence-electron chi connectivity index (χ2n) is 5.01. The normalized spacial score (nSPS) is 17.0. The molecule has 1 aliphatic rings. The van der Waals surface area contributed by atoms with E-state index in [0.717, 1.165) is 36.5 Å². The van der Waals surface area contributed by atoms with Gasteiger partial charge in [-0.15, -0.1) is 0 Å². The van der Waals surface area contributed by atoms with E-state index in [9.17, 15) is 0 Å². The maximum atomic E-state index is 6.07. The zero-order valence-corrected chi connectivity index (χ0v) is 11.4. The van der Waals surface area contributed by atoms with Crippen LogP contribution in [0.1, 0.15) is 43.7 Å². The SMILES string of the molecule is CC/C(=N\N1CCCCC1)c1cc(C)ccc1N. The molecule has 0 atom stereocenters. The average molecular weight is 245 g/mol. The predicted molar refractivity (Wildman–Crippen MR) is 77.8 cm³/mol. The fourth-order valence-corrected chi connectivity index (χ4v) is 2.38. The highest BCUT2D eigenvalue weighted by Crippen LogP contribution is 2.18. The molecule has 0 aliphatic carbocycles. The van der Waals surface area contributed by atoms with Crippen molar-refractivity contribution in [2.45, 2.75) is 39.5 Å². The number of hydrogen-bond donors (Lipinski definition) is 1. The molecule has 18 heavy (non-hydrogen) atoms. The second kappa shape index (κ2) is 5.89. The van der Waals surface area contributed by atoms with Crippen LogP contribution in [0.3, 0.4) is 0 Å². The number of hydrogen-bond acceptors (Lipinski definition) is 3. The molecule has 0 bridgehead atoms. The highest BCUT2D eigenvalue weighted by atomic mass is 15.5. The molecule has 0 unspecified atom stereocenters. The molecule has 1 fully saturated rings. The van der Waals surface area contributed by atoms with Crippen molar-refractivity contribution < 1.29 is 0 Å². The van der Waals surface area contributed by atoms with E-state index < -0.39 is 0 Å². The molecule has 1 aliphatic heterocycles. The second-order valence-corrected chi connectivity index (χ2v) is 5.01. The van der Waals surface area contributed by atoms with E-state index in [1.807, 2.05) is 12.1 Å². The van der Waals surface area contributed by atoms with Gasteiger partial charge in [0, 0.05) is 24.3 Å². The van der Waals surface area contributed by atoms with Crippen LogP contribution in [-0.2, 0) is 0 Å². The average Bonchev–Trinajstić information content (AvgIpc) is 2.40. The summed E-state index contributed by atoms with van der Waals surface area (Å²) in [6.45, 7) is 6.39. The van der Waals surface area contributed by atoms with E-state index in [-0.39, 0.29) is 0 Å². The van der Waals surface area contributed by atoms with Crippen LogP contribution in [0, 0.1) is 6.92 Å². The summed E-state index contributed by atoms with van der Waals surface area (Å²) in [5.74, 6) is 0. The minimum atomic E-state index is 0.832. The van der Waals surface area contributed by atoms with E-state index in [1.165, 1.54) is 24.8 Å². The van der Waals surface area contributed by atoms with Crippen molar-refractivity contribution >= 4 is 11.4 Å². The Labute approximate surface area is 110 Å². The third-order valence-electron chi connectivity index (χ3n) is 3.45. The molecule has 1 heterocycles. The Bertz CT molecular complexity index is 431. The standard InChI is InChI=1S/C15H23N3/c1-3-15(17-18-9-5-4-6-10-18)13-11-12(2)7-8-14(13)16/h7-8,11H,3-6,9-10,16H2,1-2H3/b17-15+. The summed E-state index contributed by atoms with van der Waals surface area (Å²) in [6, 6.07) is 6.17. The monoisotopic (exact) mass is 245 g/mol. The maximum absolute atomic E-state index is 6.07. The van der Waals surface area contributed by atoms with Gasteiger partial charge < -0.3 is 5.73 Å². The Balaban J connectivity index is 2.26. The molecule has 0 aromatic heterocycles. The van der Waals surface area contributed by atoms with Crippen LogP contribution < -0.4 is 5.73 Å². The number of nitrogens with two attached hydrogens (primary N) is 1. The minimum Gasteiger partial charge on any atom is -0.398 e. The minimum absolute atomic E-state index is 0.832. The van der Waals surface area contributed by atoms with Gasteiger partial charge in [0.2, 0.25) is 0 Å². The lowest BCUT2D eigenvalue weighted by atomic mass is 10.0. The van der Waals surface area contributed by atoms with Crippen LogP contribution in [-0.4, -0.2) is 23.8 Å². The molecule has 3 heteroatoms. The van der Waals surface area contributed by atoms with E-state index in [1.54, 1.807) is 0 Å². The lowest BCUT2D eigenvalue weighted by Crippen LogP contribution is -2.26. The molecular formula is C15H23N3. The Morgan fingerprint density at radius 3 is 2.67 bits per heavy atom. The zero-order chi connectivity index (χ0) is 13.0. The van der Waals surface area contributed by atoms with Crippen molar-refractivity contribution in [3.63, 3.8) is 0 Å². The first-order chi connectivity index (χ1) is 8.70. The summed E-state index contributed by atoms with van der Waals surface area (Å²) >= 11 is 0. The van der Waals surface area contributed by atoms with Gasteiger partial charge in [-0.25, -0.2) is 0 Å². The Kier molecular flexibility index (Phi) is 4.24. The summed E-state index contributed by atoms with van der Waals surface area (Å²) in [7, 11) is 0. The molecule has 2 N–H and O–H groups in total. The van der Waals surface area contributed by atoms with Gasteiger partial charge in [0.05, 0.1) is 5.71 Å². The van der Waals surface area contributed by atoms with Gasteiger partial charge in [-0.2, -0.15) is 5.10 Å². The molecule has 0 radical (unpaired) electrons. The molecule has 98 valence electrons. The molecule has 0 amide bonds. The molecule has 1 saturated heterocycles. The van der Waals surface area contributed by atoms with E-state index >= 15 is 0 Å². The van der Waals surface area contributed by atoms with Crippen LogP contribution in [0.4, 0.5) is 5.69 Å². The summed E-state index contributed by atoms with van der Waals surface area (Å²) in [6.07, 6.45) is 4.76. The Morgan fingerprint density at radius 2 is 2.00 bits per heavy atom. The van der Waals surface area contributed by atoms with Gasteiger partial charge in [-0.1, -0.05) is 18.6 Å². The quantitative estimate of drug-likeness (QED) is 0.656. The fraction of sp³-hybridized carbons (Fsp3) is 0.533. The van der Waals surface area contributed by atoms with E-state index in [4.69, 9.17) is 10.8 Å². The molecule has 0 spiro atoms. The van der Waals surface area contributed by atoms with Crippen molar-refractivity contribution in [1.82, 2.24) is 5.01 Å². The van der Waals surface area contributed by atoms with Crippen LogP contribution in [0.25, 0.3) is 0 Å². The highest BCUT2D eigenvalue weighted by molar-refractivity contribution is 6.04. The molecule has 0 saturated carbocycles. The number of nitrogens with zero attached hydrogens (tertiary/aromatic N) is 2. The van der Waals surface area contributed by atoms with Crippen LogP contribution >= 0.6 is 0 Å². The summed E-state index contributed by atoms with van der Waals surface area (Å²) in [4.78, 5) is 0. The van der Waals surface area contributed by atoms with Gasteiger partial charge in [0.1, 0.15) is 0 Å². The van der Waals surface area contributed by atoms with Gasteiger partial charge in [0.15, 0.2) is 0 Å². The molecule has 2 rings (SSSR count). The predicted octanol–water partition coefficient (Wildman–Crippen LogP) is 3.18. The summed E-state index contributed by atoms with van der Waals surface area (Å²) in [5, 5.41) is 6.99. The number of benzene rings is 1. The molecule has 1 aromatic rings. The summed E-state index contributed by atoms with van der Waals surface area (Å²) in [5.41, 5.74) is 10.3. The van der Waals surface area contributed by atoms with Crippen molar-refractivity contribution in [1.29, 1.82) is 0 Å². The van der Waals surface area contributed by atoms with Crippen molar-refractivity contribution in [2.24, 2.45) is 5.10 Å². The molecule has 3 nitrogen and oxygen atoms in total. The van der Waals surface area contributed by atoms with Crippen molar-refractivity contribution in [3.8, 4) is 0 Å². The fourth-order valence-electron chi connectivity index (χ4n) is 2.38. The third-order valence-corrected chi connectivity index (χ3v) is 3.45. The largest absolute Gasteiger partial charge is 0.398 e. The number of piperidine rings is 1. The maximum Gasteiger partial charge on any atom is 0.0695 e. The number of anilines is 1. The lowest BCUT2D eigenvalue weighted by Gasteiger charge is -2.25. The van der Waals surface area contributed by atoms with Crippen LogP contribution in [0.5, 0.6) is 0 Å². The highest BCUT2D eigenvalue weighted by Gasteiger charge is 2.11. The van der Waals surface area contributed by atoms with Crippen molar-refractivity contribution in [3.05, 3.63) is 29.3 Å². The first-order valence-electron chi connectivity index (χ1n) is 6.89. The zero-order valence-electron chi connectivity index (χ0n) is 11.4. The van der Waals surface area contributed by atoms with Crippen molar-refractivity contribution in [2.75, 3.05) is 18.8 Å². The smallest absolute Gasteiger partial charge is 0.0695 e. The van der Waals surface area contributed by atoms with Crippen LogP contribution in [0.15, 0.2) is 23.3 Å². The topological polar surface area (TPSA) is 41.6 Å². The first kappa shape index (κ1) is 12.9. The summed E-state index contributed by atoms with van der Waals surface area (Å²) < 4.78 is 0. The molecular weight excluding hydrogens is 222 g/mol. The first-order valence-corrected chi connectivity index (χ1v) is 6.89.